The summed E-state index contributed by atoms with van der Waals surface area (Å²) in [5, 5.41) is 1.59. The monoisotopic (exact) mass is 400 g/mol. The van der Waals surface area contributed by atoms with Gasteiger partial charge in [0.15, 0.2) is 0 Å². The minimum Gasteiger partial charge on any atom is -0.449 e. The van der Waals surface area contributed by atoms with Crippen molar-refractivity contribution in [1.82, 2.24) is 9.97 Å². The van der Waals surface area contributed by atoms with Crippen molar-refractivity contribution in [1.29, 1.82) is 0 Å². The summed E-state index contributed by atoms with van der Waals surface area (Å²) < 4.78 is 12.2. The summed E-state index contributed by atoms with van der Waals surface area (Å²) in [6, 6.07) is 23.6. The summed E-state index contributed by atoms with van der Waals surface area (Å²) in [5.74, 6) is 1.17. The summed E-state index contributed by atoms with van der Waals surface area (Å²) in [6.07, 6.45) is 1.50. The molecule has 0 N–H and O–H groups in total. The molecule has 0 saturated carbocycles. The maximum Gasteiger partial charge on any atom is 0.267 e. The third kappa shape index (κ3) is 3.22. The third-order valence-corrected chi connectivity index (χ3v) is 5.30. The number of hydrogen-bond acceptors (Lipinski definition) is 4. The van der Waals surface area contributed by atoms with Crippen molar-refractivity contribution < 1.29 is 9.15 Å². The van der Waals surface area contributed by atoms with Crippen LogP contribution < -0.4 is 4.74 Å². The molecule has 142 valence electrons. The number of hydrogen-bond donors (Lipinski definition) is 0. The molecule has 0 bridgehead atoms. The number of furan rings is 1. The van der Waals surface area contributed by atoms with E-state index in [0.717, 1.165) is 22.0 Å². The fourth-order valence-electron chi connectivity index (χ4n) is 3.55. The van der Waals surface area contributed by atoms with Gasteiger partial charge in [-0.3, -0.25) is 0 Å². The molecular formula is C24H17ClN2O2. The minimum absolute atomic E-state index is 0.0953. The van der Waals surface area contributed by atoms with Crippen molar-refractivity contribution in [3.8, 4) is 11.6 Å². The third-order valence-electron chi connectivity index (χ3n) is 5.07. The highest BCUT2D eigenvalue weighted by molar-refractivity contribution is 6.30. The van der Waals surface area contributed by atoms with Crippen LogP contribution in [0.25, 0.3) is 22.1 Å². The van der Waals surface area contributed by atoms with Gasteiger partial charge in [0, 0.05) is 21.9 Å². The SMILES string of the molecule is C[C@H](c1ccccc1)c1cc(Cl)ccc1Oc1ncnc2c1oc1ccccc12. The van der Waals surface area contributed by atoms with Crippen LogP contribution in [-0.4, -0.2) is 9.97 Å². The Hall–Kier alpha value is -3.37. The summed E-state index contributed by atoms with van der Waals surface area (Å²) in [6.45, 7) is 2.13. The molecule has 5 aromatic rings. The molecule has 29 heavy (non-hydrogen) atoms. The Morgan fingerprint density at radius 3 is 2.59 bits per heavy atom. The van der Waals surface area contributed by atoms with Gasteiger partial charge in [0.2, 0.25) is 5.58 Å². The fraction of sp³-hybridized carbons (Fsp3) is 0.0833. The van der Waals surface area contributed by atoms with Crippen LogP contribution in [0.15, 0.2) is 83.5 Å². The first-order valence-corrected chi connectivity index (χ1v) is 9.73. The molecule has 5 rings (SSSR count). The van der Waals surface area contributed by atoms with Gasteiger partial charge in [-0.1, -0.05) is 61.0 Å². The lowest BCUT2D eigenvalue weighted by molar-refractivity contribution is 0.449. The van der Waals surface area contributed by atoms with E-state index in [4.69, 9.17) is 20.8 Å². The highest BCUT2D eigenvalue weighted by atomic mass is 35.5. The first-order chi connectivity index (χ1) is 14.2. The molecule has 0 unspecified atom stereocenters. The Balaban J connectivity index is 1.61. The number of rotatable bonds is 4. The van der Waals surface area contributed by atoms with E-state index in [1.165, 1.54) is 11.9 Å². The number of para-hydroxylation sites is 1. The summed E-state index contributed by atoms with van der Waals surface area (Å²) in [4.78, 5) is 8.72. The van der Waals surface area contributed by atoms with Gasteiger partial charge in [-0.25, -0.2) is 4.98 Å². The molecule has 0 aliphatic rings. The maximum atomic E-state index is 6.30. The summed E-state index contributed by atoms with van der Waals surface area (Å²) >= 11 is 6.30. The van der Waals surface area contributed by atoms with E-state index in [2.05, 4.69) is 29.0 Å². The summed E-state index contributed by atoms with van der Waals surface area (Å²) in [5.41, 5.74) is 4.17. The van der Waals surface area contributed by atoms with Gasteiger partial charge in [-0.05, 0) is 35.9 Å². The van der Waals surface area contributed by atoms with Crippen LogP contribution in [-0.2, 0) is 0 Å². The van der Waals surface area contributed by atoms with E-state index in [0.29, 0.717) is 22.2 Å². The van der Waals surface area contributed by atoms with Gasteiger partial charge in [-0.15, -0.1) is 0 Å². The van der Waals surface area contributed by atoms with E-state index in [-0.39, 0.29) is 5.92 Å². The number of benzene rings is 3. The second kappa shape index (κ2) is 7.22. The zero-order valence-corrected chi connectivity index (χ0v) is 16.4. The molecule has 2 aromatic heterocycles. The lowest BCUT2D eigenvalue weighted by Crippen LogP contribution is -2.00. The number of fused-ring (bicyclic) bond motifs is 3. The van der Waals surface area contributed by atoms with Gasteiger partial charge in [-0.2, -0.15) is 4.98 Å². The number of halogens is 1. The molecular weight excluding hydrogens is 384 g/mol. The lowest BCUT2D eigenvalue weighted by atomic mass is 9.92. The Bertz CT molecular complexity index is 1310. The number of nitrogens with zero attached hydrogens (tertiary/aromatic N) is 2. The van der Waals surface area contributed by atoms with Crippen molar-refractivity contribution >= 4 is 33.7 Å². The van der Waals surface area contributed by atoms with Crippen molar-refractivity contribution in [3.05, 3.63) is 95.3 Å². The lowest BCUT2D eigenvalue weighted by Gasteiger charge is -2.17. The van der Waals surface area contributed by atoms with Gasteiger partial charge in [0.25, 0.3) is 5.88 Å². The van der Waals surface area contributed by atoms with E-state index < -0.39 is 0 Å². The predicted octanol–water partition coefficient (Wildman–Crippen LogP) is 6.97. The molecule has 0 saturated heterocycles. The van der Waals surface area contributed by atoms with E-state index in [1.54, 1.807) is 0 Å². The molecule has 4 nitrogen and oxygen atoms in total. The molecule has 1 atom stereocenters. The molecule has 0 spiro atoms. The van der Waals surface area contributed by atoms with Crippen molar-refractivity contribution in [2.45, 2.75) is 12.8 Å². The summed E-state index contributed by atoms with van der Waals surface area (Å²) in [7, 11) is 0. The average Bonchev–Trinajstić information content (AvgIpc) is 3.15. The van der Waals surface area contributed by atoms with Gasteiger partial charge < -0.3 is 9.15 Å². The standard InChI is InChI=1S/C24H17ClN2O2/c1-15(16-7-3-2-4-8-16)19-13-17(25)11-12-21(19)29-24-23-22(26-14-27-24)18-9-5-6-10-20(18)28-23/h2-15H,1H3/t15-/m1/s1. The highest BCUT2D eigenvalue weighted by Crippen LogP contribution is 2.38. The largest absolute Gasteiger partial charge is 0.449 e. The van der Waals surface area contributed by atoms with Crippen molar-refractivity contribution in [2.75, 3.05) is 0 Å². The second-order valence-corrected chi connectivity index (χ2v) is 7.31. The molecule has 0 amide bonds. The van der Waals surface area contributed by atoms with Crippen LogP contribution in [0.3, 0.4) is 0 Å². The zero-order chi connectivity index (χ0) is 19.8. The predicted molar refractivity (Wildman–Crippen MR) is 115 cm³/mol. The number of aromatic nitrogens is 2. The minimum atomic E-state index is 0.0953. The quantitative estimate of drug-likeness (QED) is 0.326. The first-order valence-electron chi connectivity index (χ1n) is 9.35. The Morgan fingerprint density at radius 1 is 0.931 bits per heavy atom. The second-order valence-electron chi connectivity index (χ2n) is 6.87. The topological polar surface area (TPSA) is 48.2 Å². The molecule has 2 heterocycles. The van der Waals surface area contributed by atoms with Crippen molar-refractivity contribution in [2.24, 2.45) is 0 Å². The first kappa shape index (κ1) is 17.7. The smallest absolute Gasteiger partial charge is 0.267 e. The van der Waals surface area contributed by atoms with Crippen LogP contribution in [0.4, 0.5) is 0 Å². The molecule has 0 aliphatic carbocycles. The Morgan fingerprint density at radius 2 is 1.72 bits per heavy atom. The van der Waals surface area contributed by atoms with Gasteiger partial charge in [0.05, 0.1) is 0 Å². The molecule has 0 radical (unpaired) electrons. The van der Waals surface area contributed by atoms with Gasteiger partial charge in [0.1, 0.15) is 23.2 Å². The van der Waals surface area contributed by atoms with Gasteiger partial charge >= 0.3 is 0 Å². The average molecular weight is 401 g/mol. The number of ether oxygens (including phenoxy) is 1. The zero-order valence-electron chi connectivity index (χ0n) is 15.7. The van der Waals surface area contributed by atoms with E-state index >= 15 is 0 Å². The maximum absolute atomic E-state index is 6.30. The molecule has 0 fully saturated rings. The van der Waals surface area contributed by atoms with Crippen LogP contribution in [0.1, 0.15) is 24.0 Å². The van der Waals surface area contributed by atoms with Crippen LogP contribution in [0.2, 0.25) is 5.02 Å². The molecule has 0 aliphatic heterocycles. The highest BCUT2D eigenvalue weighted by Gasteiger charge is 2.19. The normalized spacial score (nSPS) is 12.3. The molecule has 3 aromatic carbocycles. The van der Waals surface area contributed by atoms with Crippen LogP contribution in [0.5, 0.6) is 11.6 Å². The Labute approximate surface area is 172 Å². The van der Waals surface area contributed by atoms with E-state index in [1.807, 2.05) is 60.7 Å². The van der Waals surface area contributed by atoms with Crippen LogP contribution in [0, 0.1) is 0 Å². The fourth-order valence-corrected chi connectivity index (χ4v) is 3.73. The van der Waals surface area contributed by atoms with E-state index in [9.17, 15) is 0 Å². The van der Waals surface area contributed by atoms with Crippen molar-refractivity contribution in [3.63, 3.8) is 0 Å². The molecule has 5 heteroatoms. The van der Waals surface area contributed by atoms with Crippen LogP contribution >= 0.6 is 11.6 Å². The Kier molecular flexibility index (Phi) is 4.41.